The van der Waals surface area contributed by atoms with E-state index >= 15 is 0 Å². The lowest BCUT2D eigenvalue weighted by molar-refractivity contribution is 0.125. The lowest BCUT2D eigenvalue weighted by Gasteiger charge is -2.08. The first kappa shape index (κ1) is 46.4. The number of hydrogen-bond acceptors (Lipinski definition) is 3. The molecule has 0 heterocycles. The van der Waals surface area contributed by atoms with Crippen molar-refractivity contribution in [2.75, 3.05) is 54.5 Å². The SMILES string of the molecule is CN(C)CCCCCCCCCC/C=C\CCCCCCCCOCCCCCCCC/C=C\CCCCCCCCCCN(C)C. The summed E-state index contributed by atoms with van der Waals surface area (Å²) in [5.41, 5.74) is 0. The maximum absolute atomic E-state index is 5.89. The zero-order chi connectivity index (χ0) is 34.1. The van der Waals surface area contributed by atoms with Gasteiger partial charge in [-0.2, -0.15) is 0 Å². The Hall–Kier alpha value is -0.640. The summed E-state index contributed by atoms with van der Waals surface area (Å²) in [6, 6.07) is 0. The van der Waals surface area contributed by atoms with Crippen LogP contribution in [-0.2, 0) is 4.74 Å². The normalized spacial score (nSPS) is 12.2. The minimum Gasteiger partial charge on any atom is -0.381 e. The van der Waals surface area contributed by atoms with Gasteiger partial charge < -0.3 is 14.5 Å². The van der Waals surface area contributed by atoms with Crippen LogP contribution in [0.2, 0.25) is 0 Å². The molecule has 0 spiro atoms. The molecule has 0 atom stereocenters. The van der Waals surface area contributed by atoms with E-state index in [2.05, 4.69) is 62.3 Å². The third kappa shape index (κ3) is 45.4. The summed E-state index contributed by atoms with van der Waals surface area (Å²) < 4.78 is 5.89. The van der Waals surface area contributed by atoms with Crippen LogP contribution in [0.25, 0.3) is 0 Å². The fourth-order valence-corrected chi connectivity index (χ4v) is 6.42. The zero-order valence-electron chi connectivity index (χ0n) is 33.1. The highest BCUT2D eigenvalue weighted by molar-refractivity contribution is 4.82. The number of nitrogens with zero attached hydrogens (tertiary/aromatic N) is 2. The molecule has 0 amide bonds. The van der Waals surface area contributed by atoms with Crippen molar-refractivity contribution in [3.05, 3.63) is 24.3 Å². The third-order valence-electron chi connectivity index (χ3n) is 9.60. The molecule has 0 aromatic heterocycles. The Morgan fingerprint density at radius 2 is 0.489 bits per heavy atom. The Morgan fingerprint density at radius 3 is 0.745 bits per heavy atom. The number of hydrogen-bond donors (Lipinski definition) is 0. The highest BCUT2D eigenvalue weighted by Crippen LogP contribution is 2.13. The van der Waals surface area contributed by atoms with E-state index in [-0.39, 0.29) is 0 Å². The predicted octanol–water partition coefficient (Wildman–Crippen LogP) is 13.7. The lowest BCUT2D eigenvalue weighted by atomic mass is 10.1. The Morgan fingerprint density at radius 1 is 0.277 bits per heavy atom. The van der Waals surface area contributed by atoms with E-state index < -0.39 is 0 Å². The van der Waals surface area contributed by atoms with Crippen LogP contribution in [0.5, 0.6) is 0 Å². The fraction of sp³-hybridized carbons (Fsp3) is 0.909. The molecular formula is C44H88N2O. The van der Waals surface area contributed by atoms with Crippen molar-refractivity contribution < 1.29 is 4.74 Å². The summed E-state index contributed by atoms with van der Waals surface area (Å²) in [6.45, 7) is 4.45. The molecule has 3 nitrogen and oxygen atoms in total. The van der Waals surface area contributed by atoms with Crippen LogP contribution in [0.1, 0.15) is 205 Å². The van der Waals surface area contributed by atoms with Gasteiger partial charge in [-0.1, -0.05) is 153 Å². The largest absolute Gasteiger partial charge is 0.381 e. The van der Waals surface area contributed by atoms with Gasteiger partial charge in [-0.15, -0.1) is 0 Å². The molecule has 0 aromatic carbocycles. The van der Waals surface area contributed by atoms with Crippen molar-refractivity contribution >= 4 is 0 Å². The van der Waals surface area contributed by atoms with Gasteiger partial charge in [0.25, 0.3) is 0 Å². The van der Waals surface area contributed by atoms with Gasteiger partial charge in [0.15, 0.2) is 0 Å². The molecule has 0 aliphatic rings. The monoisotopic (exact) mass is 661 g/mol. The average molecular weight is 661 g/mol. The van der Waals surface area contributed by atoms with E-state index in [1.165, 1.54) is 219 Å². The molecule has 0 aliphatic heterocycles. The van der Waals surface area contributed by atoms with Gasteiger partial charge in [-0.25, -0.2) is 0 Å². The first-order chi connectivity index (χ1) is 23.1. The molecule has 280 valence electrons. The van der Waals surface area contributed by atoms with E-state index in [0.29, 0.717) is 0 Å². The highest BCUT2D eigenvalue weighted by Gasteiger charge is 1.97. The lowest BCUT2D eigenvalue weighted by Crippen LogP contribution is -2.12. The van der Waals surface area contributed by atoms with Gasteiger partial charge in [0.05, 0.1) is 0 Å². The second-order valence-corrected chi connectivity index (χ2v) is 15.2. The second-order valence-electron chi connectivity index (χ2n) is 15.2. The zero-order valence-corrected chi connectivity index (χ0v) is 33.1. The maximum Gasteiger partial charge on any atom is 0.0466 e. The number of allylic oxidation sites excluding steroid dienone is 4. The minimum atomic E-state index is 0.975. The van der Waals surface area contributed by atoms with E-state index in [1.807, 2.05) is 0 Å². The van der Waals surface area contributed by atoms with Crippen molar-refractivity contribution in [3.8, 4) is 0 Å². The number of ether oxygens (including phenoxy) is 1. The number of rotatable bonds is 40. The van der Waals surface area contributed by atoms with Crippen LogP contribution in [0.15, 0.2) is 24.3 Å². The Balaban J connectivity index is 3.13. The van der Waals surface area contributed by atoms with Gasteiger partial charge in [0.1, 0.15) is 0 Å². The van der Waals surface area contributed by atoms with E-state index in [1.54, 1.807) is 0 Å². The van der Waals surface area contributed by atoms with Crippen LogP contribution in [0.3, 0.4) is 0 Å². The fourth-order valence-electron chi connectivity index (χ4n) is 6.42. The van der Waals surface area contributed by atoms with E-state index in [9.17, 15) is 0 Å². The van der Waals surface area contributed by atoms with Gasteiger partial charge in [0.2, 0.25) is 0 Å². The Labute approximate surface area is 298 Å². The van der Waals surface area contributed by atoms with Crippen LogP contribution in [0.4, 0.5) is 0 Å². The van der Waals surface area contributed by atoms with Crippen molar-refractivity contribution in [2.24, 2.45) is 0 Å². The predicted molar refractivity (Wildman–Crippen MR) is 214 cm³/mol. The molecular weight excluding hydrogens is 572 g/mol. The van der Waals surface area contributed by atoms with Gasteiger partial charge in [-0.3, -0.25) is 0 Å². The molecule has 0 saturated heterocycles. The Kier molecular flexibility index (Phi) is 41.0. The smallest absolute Gasteiger partial charge is 0.0466 e. The summed E-state index contributed by atoms with van der Waals surface area (Å²) in [5.74, 6) is 0. The summed E-state index contributed by atoms with van der Waals surface area (Å²) in [5, 5.41) is 0. The molecule has 0 bridgehead atoms. The van der Waals surface area contributed by atoms with Crippen LogP contribution >= 0.6 is 0 Å². The minimum absolute atomic E-state index is 0.975. The van der Waals surface area contributed by atoms with Crippen molar-refractivity contribution in [1.82, 2.24) is 9.80 Å². The summed E-state index contributed by atoms with van der Waals surface area (Å²) >= 11 is 0. The van der Waals surface area contributed by atoms with Gasteiger partial charge in [0, 0.05) is 13.2 Å². The van der Waals surface area contributed by atoms with Gasteiger partial charge in [-0.05, 0) is 118 Å². The van der Waals surface area contributed by atoms with E-state index in [0.717, 1.165) is 13.2 Å². The van der Waals surface area contributed by atoms with Crippen LogP contribution < -0.4 is 0 Å². The molecule has 0 aliphatic carbocycles. The Bertz CT molecular complexity index is 562. The molecule has 0 rings (SSSR count). The van der Waals surface area contributed by atoms with Gasteiger partial charge >= 0.3 is 0 Å². The van der Waals surface area contributed by atoms with Crippen LogP contribution in [-0.4, -0.2) is 64.3 Å². The highest BCUT2D eigenvalue weighted by atomic mass is 16.5. The summed E-state index contributed by atoms with van der Waals surface area (Å²) in [7, 11) is 8.70. The topological polar surface area (TPSA) is 15.7 Å². The second kappa shape index (κ2) is 41.5. The molecule has 0 N–H and O–H groups in total. The summed E-state index contributed by atoms with van der Waals surface area (Å²) in [6.07, 6.45) is 53.9. The molecule has 47 heavy (non-hydrogen) atoms. The molecule has 0 saturated carbocycles. The number of unbranched alkanes of at least 4 members (excludes halogenated alkanes) is 28. The van der Waals surface area contributed by atoms with Crippen molar-refractivity contribution in [3.63, 3.8) is 0 Å². The molecule has 3 heteroatoms. The molecule has 0 fully saturated rings. The molecule has 0 unspecified atom stereocenters. The standard InChI is InChI=1S/C44H88N2O/c1-45(2)41-37-33-29-25-21-17-13-9-5-7-11-15-19-23-27-31-35-39-43-47-44-40-36-32-28-24-20-16-12-8-6-10-14-18-22-26-30-34-38-42-46(3)4/h7-8,11-12H,5-6,9-10,13-44H2,1-4H3/b11-7-,12-8-. The quantitative estimate of drug-likeness (QED) is 0.0480. The van der Waals surface area contributed by atoms with Crippen molar-refractivity contribution in [2.45, 2.75) is 205 Å². The van der Waals surface area contributed by atoms with Crippen molar-refractivity contribution in [1.29, 1.82) is 0 Å². The maximum atomic E-state index is 5.89. The molecule has 0 aromatic rings. The first-order valence-electron chi connectivity index (χ1n) is 21.3. The van der Waals surface area contributed by atoms with Crippen LogP contribution in [0, 0.1) is 0 Å². The first-order valence-corrected chi connectivity index (χ1v) is 21.3. The third-order valence-corrected chi connectivity index (χ3v) is 9.60. The average Bonchev–Trinajstić information content (AvgIpc) is 3.05. The van der Waals surface area contributed by atoms with E-state index in [4.69, 9.17) is 4.74 Å². The summed E-state index contributed by atoms with van der Waals surface area (Å²) in [4.78, 5) is 4.60. The molecule has 0 radical (unpaired) electrons.